The van der Waals surface area contributed by atoms with Gasteiger partial charge in [-0.25, -0.2) is 0 Å². The summed E-state index contributed by atoms with van der Waals surface area (Å²) in [4.78, 5) is 26.5. The minimum Gasteiger partial charge on any atom is -0.472 e. The van der Waals surface area contributed by atoms with Crippen molar-refractivity contribution in [1.29, 1.82) is 0 Å². The van der Waals surface area contributed by atoms with E-state index in [-0.39, 0.29) is 11.8 Å². The molecule has 2 atom stereocenters. The molecule has 1 aromatic heterocycles. The average Bonchev–Trinajstić information content (AvgIpc) is 3.26. The molecule has 3 rings (SSSR count). The van der Waals surface area contributed by atoms with Crippen LogP contribution in [0.1, 0.15) is 40.7 Å². The van der Waals surface area contributed by atoms with Gasteiger partial charge in [-0.3, -0.25) is 9.59 Å². The highest BCUT2D eigenvalue weighted by atomic mass is 16.3. The van der Waals surface area contributed by atoms with E-state index in [9.17, 15) is 9.59 Å². The molecule has 0 aliphatic carbocycles. The van der Waals surface area contributed by atoms with Gasteiger partial charge >= 0.3 is 0 Å². The van der Waals surface area contributed by atoms with Crippen LogP contribution in [-0.2, 0) is 4.79 Å². The van der Waals surface area contributed by atoms with Gasteiger partial charge in [-0.1, -0.05) is 24.3 Å². The minimum absolute atomic E-state index is 0.0390. The first-order valence-corrected chi connectivity index (χ1v) is 8.23. The zero-order valence-electron chi connectivity index (χ0n) is 14.0. The van der Waals surface area contributed by atoms with E-state index in [0.717, 1.165) is 13.0 Å². The van der Waals surface area contributed by atoms with Gasteiger partial charge in [0.1, 0.15) is 12.3 Å². The van der Waals surface area contributed by atoms with Crippen LogP contribution in [0.3, 0.4) is 0 Å². The second-order valence-corrected chi connectivity index (χ2v) is 6.33. The number of amides is 2. The number of likely N-dealkylation sites (tertiary alicyclic amines) is 1. The lowest BCUT2D eigenvalue weighted by Gasteiger charge is -2.22. The van der Waals surface area contributed by atoms with Crippen LogP contribution in [0.15, 0.2) is 47.3 Å². The molecular formula is C19H22N2O3. The normalized spacial score (nSPS) is 18.4. The fourth-order valence-corrected chi connectivity index (χ4v) is 3.27. The van der Waals surface area contributed by atoms with Crippen LogP contribution in [0.25, 0.3) is 0 Å². The van der Waals surface area contributed by atoms with E-state index >= 15 is 0 Å². The Kier molecular flexibility index (Phi) is 4.69. The largest absolute Gasteiger partial charge is 0.472 e. The highest BCUT2D eigenvalue weighted by molar-refractivity contribution is 5.97. The van der Waals surface area contributed by atoms with Crippen LogP contribution >= 0.6 is 0 Å². The number of nitrogens with one attached hydrogen (secondary N) is 1. The van der Waals surface area contributed by atoms with E-state index < -0.39 is 6.04 Å². The SMILES string of the molecule is Cc1ccccc1[C@@H]1CCN(C(=O)[C@H](C)NC(=O)c2ccoc2)C1. The number of carbonyl (C=O) groups is 2. The lowest BCUT2D eigenvalue weighted by molar-refractivity contribution is -0.131. The number of carbonyl (C=O) groups excluding carboxylic acids is 2. The standard InChI is InChI=1S/C19H22N2O3/c1-13-5-3-4-6-17(13)15-7-9-21(11-15)19(23)14(2)20-18(22)16-8-10-24-12-16/h3-6,8,10,12,14-15H,7,9,11H2,1-2H3,(H,20,22)/t14-,15+/m0/s1. The van der Waals surface area contributed by atoms with Crippen molar-refractivity contribution >= 4 is 11.8 Å². The third-order valence-electron chi connectivity index (χ3n) is 4.63. The van der Waals surface area contributed by atoms with E-state index in [1.54, 1.807) is 13.0 Å². The van der Waals surface area contributed by atoms with Crippen molar-refractivity contribution in [2.45, 2.75) is 32.2 Å². The molecule has 24 heavy (non-hydrogen) atoms. The topological polar surface area (TPSA) is 62.6 Å². The van der Waals surface area contributed by atoms with E-state index in [1.165, 1.54) is 23.7 Å². The summed E-state index contributed by atoms with van der Waals surface area (Å²) in [5, 5.41) is 2.73. The Morgan fingerprint density at radius 3 is 2.79 bits per heavy atom. The molecule has 1 aliphatic rings. The Bertz CT molecular complexity index is 724. The molecule has 1 aromatic carbocycles. The molecule has 0 unspecified atom stereocenters. The molecule has 2 aromatic rings. The molecule has 0 radical (unpaired) electrons. The molecule has 126 valence electrons. The zero-order chi connectivity index (χ0) is 17.1. The van der Waals surface area contributed by atoms with Crippen molar-refractivity contribution in [3.8, 4) is 0 Å². The summed E-state index contributed by atoms with van der Waals surface area (Å²) in [6.45, 7) is 5.26. The van der Waals surface area contributed by atoms with E-state index in [0.29, 0.717) is 18.0 Å². The van der Waals surface area contributed by atoms with Gasteiger partial charge in [0, 0.05) is 19.0 Å². The average molecular weight is 326 g/mol. The number of hydrogen-bond acceptors (Lipinski definition) is 3. The molecule has 1 fully saturated rings. The second kappa shape index (κ2) is 6.91. The van der Waals surface area contributed by atoms with Crippen LogP contribution in [0.5, 0.6) is 0 Å². The number of aryl methyl sites for hydroxylation is 1. The third-order valence-corrected chi connectivity index (χ3v) is 4.63. The van der Waals surface area contributed by atoms with Crippen molar-refractivity contribution < 1.29 is 14.0 Å². The lowest BCUT2D eigenvalue weighted by Crippen LogP contribution is -2.46. The zero-order valence-corrected chi connectivity index (χ0v) is 14.0. The van der Waals surface area contributed by atoms with Crippen LogP contribution in [0.2, 0.25) is 0 Å². The Balaban J connectivity index is 1.60. The molecule has 1 N–H and O–H groups in total. The van der Waals surface area contributed by atoms with Gasteiger partial charge in [-0.05, 0) is 37.5 Å². The summed E-state index contributed by atoms with van der Waals surface area (Å²) in [6, 6.07) is 9.34. The van der Waals surface area contributed by atoms with Crippen LogP contribution < -0.4 is 5.32 Å². The second-order valence-electron chi connectivity index (χ2n) is 6.33. The summed E-state index contributed by atoms with van der Waals surface area (Å²) < 4.78 is 4.90. The predicted octanol–water partition coefficient (Wildman–Crippen LogP) is 2.72. The predicted molar refractivity (Wildman–Crippen MR) is 90.8 cm³/mol. The van der Waals surface area contributed by atoms with Gasteiger partial charge in [0.15, 0.2) is 0 Å². The molecule has 0 saturated carbocycles. The van der Waals surface area contributed by atoms with Crippen molar-refractivity contribution in [3.05, 3.63) is 59.5 Å². The molecule has 0 spiro atoms. The Morgan fingerprint density at radius 2 is 2.08 bits per heavy atom. The maximum Gasteiger partial charge on any atom is 0.255 e. The van der Waals surface area contributed by atoms with Crippen molar-refractivity contribution in [3.63, 3.8) is 0 Å². The minimum atomic E-state index is -0.553. The Labute approximate surface area is 141 Å². The van der Waals surface area contributed by atoms with Gasteiger partial charge < -0.3 is 14.6 Å². The fraction of sp³-hybridized carbons (Fsp3) is 0.368. The molecule has 1 saturated heterocycles. The third kappa shape index (κ3) is 3.35. The van der Waals surface area contributed by atoms with Gasteiger partial charge in [0.05, 0.1) is 11.8 Å². The lowest BCUT2D eigenvalue weighted by atomic mass is 9.94. The Morgan fingerprint density at radius 1 is 1.29 bits per heavy atom. The van der Waals surface area contributed by atoms with E-state index in [4.69, 9.17) is 4.42 Å². The summed E-state index contributed by atoms with van der Waals surface area (Å²) in [5.74, 6) is 0.0362. The molecule has 0 bridgehead atoms. The highest BCUT2D eigenvalue weighted by Crippen LogP contribution is 2.29. The van der Waals surface area contributed by atoms with E-state index in [2.05, 4.69) is 24.4 Å². The summed E-state index contributed by atoms with van der Waals surface area (Å²) in [6.07, 6.45) is 3.77. The van der Waals surface area contributed by atoms with Crippen molar-refractivity contribution in [1.82, 2.24) is 10.2 Å². The van der Waals surface area contributed by atoms with Gasteiger partial charge in [-0.15, -0.1) is 0 Å². The van der Waals surface area contributed by atoms with E-state index in [1.807, 2.05) is 17.0 Å². The summed E-state index contributed by atoms with van der Waals surface area (Å²) in [7, 11) is 0. The number of nitrogens with zero attached hydrogens (tertiary/aromatic N) is 1. The van der Waals surface area contributed by atoms with Crippen LogP contribution in [0.4, 0.5) is 0 Å². The van der Waals surface area contributed by atoms with Gasteiger partial charge in [-0.2, -0.15) is 0 Å². The first kappa shape index (κ1) is 16.3. The first-order chi connectivity index (χ1) is 11.6. The summed E-state index contributed by atoms with van der Waals surface area (Å²) >= 11 is 0. The highest BCUT2D eigenvalue weighted by Gasteiger charge is 2.31. The van der Waals surface area contributed by atoms with Crippen LogP contribution in [-0.4, -0.2) is 35.8 Å². The number of furan rings is 1. The smallest absolute Gasteiger partial charge is 0.255 e. The maximum atomic E-state index is 12.6. The molecule has 1 aliphatic heterocycles. The maximum absolute atomic E-state index is 12.6. The molecule has 5 heteroatoms. The molecule has 2 heterocycles. The van der Waals surface area contributed by atoms with Crippen molar-refractivity contribution in [2.75, 3.05) is 13.1 Å². The van der Waals surface area contributed by atoms with Crippen LogP contribution in [0, 0.1) is 6.92 Å². The first-order valence-electron chi connectivity index (χ1n) is 8.23. The monoisotopic (exact) mass is 326 g/mol. The fourth-order valence-electron chi connectivity index (χ4n) is 3.27. The Hall–Kier alpha value is -2.56. The van der Waals surface area contributed by atoms with Gasteiger partial charge in [0.2, 0.25) is 5.91 Å². The molecular weight excluding hydrogens is 304 g/mol. The quantitative estimate of drug-likeness (QED) is 0.939. The number of rotatable bonds is 4. The van der Waals surface area contributed by atoms with Gasteiger partial charge in [0.25, 0.3) is 5.91 Å². The number of benzene rings is 1. The molecule has 2 amide bonds. The summed E-state index contributed by atoms with van der Waals surface area (Å²) in [5.41, 5.74) is 3.00. The van der Waals surface area contributed by atoms with Crippen molar-refractivity contribution in [2.24, 2.45) is 0 Å². The molecule has 5 nitrogen and oxygen atoms in total. The number of hydrogen-bond donors (Lipinski definition) is 1.